The fourth-order valence-corrected chi connectivity index (χ4v) is 2.31. The normalized spacial score (nSPS) is 12.7. The zero-order valence-corrected chi connectivity index (χ0v) is 10.5. The maximum atomic E-state index is 6.09. The van der Waals surface area contributed by atoms with Crippen LogP contribution >= 0.6 is 27.3 Å². The molecule has 2 aromatic rings. The van der Waals surface area contributed by atoms with E-state index in [0.717, 1.165) is 21.5 Å². The summed E-state index contributed by atoms with van der Waals surface area (Å²) in [4.78, 5) is 4.23. The van der Waals surface area contributed by atoms with Crippen molar-refractivity contribution in [2.24, 2.45) is 5.73 Å². The molecule has 0 saturated carbocycles. The summed E-state index contributed by atoms with van der Waals surface area (Å²) >= 11 is 5.05. The first kappa shape index (κ1) is 10.8. The van der Waals surface area contributed by atoms with Crippen molar-refractivity contribution < 1.29 is 0 Å². The highest BCUT2D eigenvalue weighted by Gasteiger charge is 2.08. The molecule has 2 N–H and O–H groups in total. The van der Waals surface area contributed by atoms with E-state index in [1.54, 1.807) is 11.3 Å². The van der Waals surface area contributed by atoms with Crippen molar-refractivity contribution in [1.29, 1.82) is 0 Å². The molecule has 0 aliphatic carbocycles. The summed E-state index contributed by atoms with van der Waals surface area (Å²) in [6.45, 7) is 0. The molecule has 0 radical (unpaired) electrons. The summed E-state index contributed by atoms with van der Waals surface area (Å²) in [5, 5.41) is 3.06. The molecule has 1 unspecified atom stereocenters. The third-order valence-corrected chi connectivity index (χ3v) is 3.51. The highest BCUT2D eigenvalue weighted by atomic mass is 79.9. The fourth-order valence-electron chi connectivity index (χ4n) is 1.37. The molecule has 0 bridgehead atoms. The first-order chi connectivity index (χ1) is 7.25. The summed E-state index contributed by atoms with van der Waals surface area (Å²) in [7, 11) is 0. The average Bonchev–Trinajstić information content (AvgIpc) is 2.71. The van der Waals surface area contributed by atoms with Crippen molar-refractivity contribution in [3.8, 4) is 0 Å². The van der Waals surface area contributed by atoms with Crippen molar-refractivity contribution in [2.75, 3.05) is 0 Å². The number of rotatable bonds is 3. The zero-order chi connectivity index (χ0) is 10.7. The number of aromatic nitrogens is 1. The van der Waals surface area contributed by atoms with E-state index in [2.05, 4.69) is 20.9 Å². The monoisotopic (exact) mass is 282 g/mol. The van der Waals surface area contributed by atoms with Gasteiger partial charge in [-0.1, -0.05) is 28.1 Å². The molecule has 4 heteroatoms. The van der Waals surface area contributed by atoms with E-state index >= 15 is 0 Å². The van der Waals surface area contributed by atoms with Gasteiger partial charge in [0.25, 0.3) is 0 Å². The van der Waals surface area contributed by atoms with Crippen LogP contribution in [0, 0.1) is 0 Å². The standard InChI is InChI=1S/C11H11BrN2S/c12-9-3-1-8(2-4-9)10(13)7-11-14-5-6-15-11/h1-6,10H,7,13H2. The summed E-state index contributed by atoms with van der Waals surface area (Å²) in [5.74, 6) is 0. The molecule has 2 rings (SSSR count). The Morgan fingerprint density at radius 2 is 2.07 bits per heavy atom. The van der Waals surface area contributed by atoms with Crippen LogP contribution in [0.2, 0.25) is 0 Å². The SMILES string of the molecule is NC(Cc1nccs1)c1ccc(Br)cc1. The molecule has 1 heterocycles. The Bertz CT molecular complexity index is 411. The molecule has 1 aromatic heterocycles. The molecular formula is C11H11BrN2S. The van der Waals surface area contributed by atoms with Crippen molar-refractivity contribution in [2.45, 2.75) is 12.5 Å². The molecule has 2 nitrogen and oxygen atoms in total. The van der Waals surface area contributed by atoms with Crippen molar-refractivity contribution in [1.82, 2.24) is 4.98 Å². The van der Waals surface area contributed by atoms with E-state index in [4.69, 9.17) is 5.73 Å². The molecule has 0 aliphatic heterocycles. The van der Waals surface area contributed by atoms with Gasteiger partial charge in [-0.15, -0.1) is 11.3 Å². The smallest absolute Gasteiger partial charge is 0.0943 e. The molecule has 0 fully saturated rings. The van der Waals surface area contributed by atoms with Gasteiger partial charge in [0.1, 0.15) is 0 Å². The predicted octanol–water partition coefficient (Wildman–Crippen LogP) is 3.15. The van der Waals surface area contributed by atoms with Crippen molar-refractivity contribution in [3.63, 3.8) is 0 Å². The van der Waals surface area contributed by atoms with Gasteiger partial charge >= 0.3 is 0 Å². The van der Waals surface area contributed by atoms with Gasteiger partial charge in [-0.25, -0.2) is 4.98 Å². The topological polar surface area (TPSA) is 38.9 Å². The lowest BCUT2D eigenvalue weighted by atomic mass is 10.1. The van der Waals surface area contributed by atoms with Crippen LogP contribution in [0.5, 0.6) is 0 Å². The van der Waals surface area contributed by atoms with Gasteiger partial charge in [0.15, 0.2) is 0 Å². The third-order valence-electron chi connectivity index (χ3n) is 2.18. The van der Waals surface area contributed by atoms with Gasteiger partial charge in [-0.05, 0) is 17.7 Å². The molecule has 1 atom stereocenters. The van der Waals surface area contributed by atoms with Crippen molar-refractivity contribution >= 4 is 27.3 Å². The highest BCUT2D eigenvalue weighted by molar-refractivity contribution is 9.10. The molecule has 78 valence electrons. The van der Waals surface area contributed by atoms with Crippen LogP contribution in [0.4, 0.5) is 0 Å². The predicted molar refractivity (Wildman–Crippen MR) is 66.9 cm³/mol. The van der Waals surface area contributed by atoms with E-state index in [1.807, 2.05) is 35.8 Å². The minimum absolute atomic E-state index is 0.0317. The summed E-state index contributed by atoms with van der Waals surface area (Å²) in [6, 6.07) is 8.14. The lowest BCUT2D eigenvalue weighted by molar-refractivity contribution is 0.718. The quantitative estimate of drug-likeness (QED) is 0.939. The maximum Gasteiger partial charge on any atom is 0.0943 e. The number of nitrogens with zero attached hydrogens (tertiary/aromatic N) is 1. The van der Waals surface area contributed by atoms with Crippen LogP contribution in [0.1, 0.15) is 16.6 Å². The number of halogens is 1. The first-order valence-corrected chi connectivity index (χ1v) is 6.32. The Balaban J connectivity index is 2.08. The second-order valence-electron chi connectivity index (χ2n) is 3.29. The second-order valence-corrected chi connectivity index (χ2v) is 5.18. The van der Waals surface area contributed by atoms with Gasteiger partial charge in [-0.2, -0.15) is 0 Å². The summed E-state index contributed by atoms with van der Waals surface area (Å²) in [6.07, 6.45) is 2.62. The number of hydrogen-bond acceptors (Lipinski definition) is 3. The van der Waals surface area contributed by atoms with Crippen LogP contribution in [0.3, 0.4) is 0 Å². The van der Waals surface area contributed by atoms with E-state index in [0.29, 0.717) is 0 Å². The van der Waals surface area contributed by atoms with Crippen LogP contribution in [0.25, 0.3) is 0 Å². The number of thiazole rings is 1. The third kappa shape index (κ3) is 2.87. The number of hydrogen-bond donors (Lipinski definition) is 1. The van der Waals surface area contributed by atoms with Gasteiger partial charge in [0, 0.05) is 28.5 Å². The van der Waals surface area contributed by atoms with Crippen LogP contribution in [0.15, 0.2) is 40.3 Å². The minimum Gasteiger partial charge on any atom is -0.324 e. The number of benzene rings is 1. The van der Waals surface area contributed by atoms with Gasteiger partial charge in [-0.3, -0.25) is 0 Å². The Morgan fingerprint density at radius 3 is 2.67 bits per heavy atom. The van der Waals surface area contributed by atoms with Gasteiger partial charge < -0.3 is 5.73 Å². The van der Waals surface area contributed by atoms with Crippen LogP contribution in [-0.4, -0.2) is 4.98 Å². The Kier molecular flexibility index (Phi) is 3.51. The molecule has 0 spiro atoms. The second kappa shape index (κ2) is 4.88. The Morgan fingerprint density at radius 1 is 1.33 bits per heavy atom. The van der Waals surface area contributed by atoms with E-state index in [-0.39, 0.29) is 6.04 Å². The van der Waals surface area contributed by atoms with Gasteiger partial charge in [0.2, 0.25) is 0 Å². The minimum atomic E-state index is 0.0317. The molecule has 0 amide bonds. The van der Waals surface area contributed by atoms with Crippen LogP contribution in [-0.2, 0) is 6.42 Å². The fraction of sp³-hybridized carbons (Fsp3) is 0.182. The Labute approximate surface area is 101 Å². The van der Waals surface area contributed by atoms with E-state index in [1.165, 1.54) is 0 Å². The zero-order valence-electron chi connectivity index (χ0n) is 8.06. The largest absolute Gasteiger partial charge is 0.324 e. The number of nitrogens with two attached hydrogens (primary N) is 1. The first-order valence-electron chi connectivity index (χ1n) is 4.65. The molecule has 0 saturated heterocycles. The van der Waals surface area contributed by atoms with E-state index < -0.39 is 0 Å². The van der Waals surface area contributed by atoms with Gasteiger partial charge in [0.05, 0.1) is 5.01 Å². The van der Waals surface area contributed by atoms with E-state index in [9.17, 15) is 0 Å². The maximum absolute atomic E-state index is 6.09. The summed E-state index contributed by atoms with van der Waals surface area (Å²) in [5.41, 5.74) is 7.23. The molecule has 15 heavy (non-hydrogen) atoms. The highest BCUT2D eigenvalue weighted by Crippen LogP contribution is 2.19. The van der Waals surface area contributed by atoms with Crippen molar-refractivity contribution in [3.05, 3.63) is 50.9 Å². The van der Waals surface area contributed by atoms with Crippen LogP contribution < -0.4 is 5.73 Å². The average molecular weight is 283 g/mol. The summed E-state index contributed by atoms with van der Waals surface area (Å²) < 4.78 is 1.08. The molecule has 0 aliphatic rings. The molecule has 1 aromatic carbocycles. The lowest BCUT2D eigenvalue weighted by Crippen LogP contribution is -2.12. The Hall–Kier alpha value is -0.710. The molecular weight excluding hydrogens is 272 g/mol. The lowest BCUT2D eigenvalue weighted by Gasteiger charge is -2.09.